The summed E-state index contributed by atoms with van der Waals surface area (Å²) < 4.78 is 11.2. The van der Waals surface area contributed by atoms with Gasteiger partial charge in [-0.25, -0.2) is 10.4 Å². The highest BCUT2D eigenvalue weighted by molar-refractivity contribution is 5.17. The Labute approximate surface area is 102 Å². The molecule has 1 saturated heterocycles. The van der Waals surface area contributed by atoms with Crippen molar-refractivity contribution in [1.29, 1.82) is 0 Å². The molecule has 1 aliphatic carbocycles. The Morgan fingerprint density at radius 1 is 1.35 bits per heavy atom. The van der Waals surface area contributed by atoms with Crippen molar-refractivity contribution < 1.29 is 9.15 Å². The first-order chi connectivity index (χ1) is 8.33. The van der Waals surface area contributed by atoms with Crippen molar-refractivity contribution in [2.75, 3.05) is 26.3 Å². The van der Waals surface area contributed by atoms with Gasteiger partial charge in [-0.2, -0.15) is 0 Å². The van der Waals surface area contributed by atoms with Gasteiger partial charge < -0.3 is 9.15 Å². The summed E-state index contributed by atoms with van der Waals surface area (Å²) in [6.07, 6.45) is 1.28. The molecule has 1 saturated carbocycles. The standard InChI is InChI=1S/C13H20N2O2/c1-10-8-12(10)13-3-2-11(17-13)9-14-15-4-6-16-7-5-15/h2-3,10,12,14H,4-9H2,1H3. The number of nitrogens with zero attached hydrogens (tertiary/aromatic N) is 1. The van der Waals surface area contributed by atoms with E-state index in [1.807, 2.05) is 0 Å². The van der Waals surface area contributed by atoms with Crippen molar-refractivity contribution in [3.8, 4) is 0 Å². The third-order valence-electron chi connectivity index (χ3n) is 3.65. The summed E-state index contributed by atoms with van der Waals surface area (Å²) in [5, 5.41) is 2.20. The van der Waals surface area contributed by atoms with E-state index in [-0.39, 0.29) is 0 Å². The van der Waals surface area contributed by atoms with Gasteiger partial charge in [0.05, 0.1) is 19.8 Å². The maximum absolute atomic E-state index is 5.85. The van der Waals surface area contributed by atoms with E-state index in [2.05, 4.69) is 29.5 Å². The van der Waals surface area contributed by atoms with Gasteiger partial charge in [0.25, 0.3) is 0 Å². The van der Waals surface area contributed by atoms with E-state index in [1.54, 1.807) is 0 Å². The van der Waals surface area contributed by atoms with Gasteiger partial charge in [0.1, 0.15) is 11.5 Å². The predicted octanol–water partition coefficient (Wildman–Crippen LogP) is 1.74. The van der Waals surface area contributed by atoms with Gasteiger partial charge in [-0.3, -0.25) is 0 Å². The Balaban J connectivity index is 1.49. The molecule has 2 fully saturated rings. The number of hydrazine groups is 1. The second kappa shape index (κ2) is 4.80. The fourth-order valence-corrected chi connectivity index (χ4v) is 2.32. The van der Waals surface area contributed by atoms with E-state index in [0.717, 1.165) is 50.3 Å². The van der Waals surface area contributed by atoms with E-state index >= 15 is 0 Å². The van der Waals surface area contributed by atoms with Crippen LogP contribution in [0.15, 0.2) is 16.5 Å². The summed E-state index contributed by atoms with van der Waals surface area (Å²) in [5.74, 6) is 3.68. The van der Waals surface area contributed by atoms with E-state index in [1.165, 1.54) is 6.42 Å². The molecule has 0 radical (unpaired) electrons. The molecule has 17 heavy (non-hydrogen) atoms. The summed E-state index contributed by atoms with van der Waals surface area (Å²) in [7, 11) is 0. The largest absolute Gasteiger partial charge is 0.464 e. The van der Waals surface area contributed by atoms with Gasteiger partial charge in [0, 0.05) is 19.0 Å². The topological polar surface area (TPSA) is 37.6 Å². The second-order valence-corrected chi connectivity index (χ2v) is 5.06. The van der Waals surface area contributed by atoms with Crippen molar-refractivity contribution >= 4 is 0 Å². The SMILES string of the molecule is CC1CC1c1ccc(CNN2CCOCC2)o1. The van der Waals surface area contributed by atoms with E-state index < -0.39 is 0 Å². The van der Waals surface area contributed by atoms with Gasteiger partial charge >= 0.3 is 0 Å². The minimum absolute atomic E-state index is 0.673. The van der Waals surface area contributed by atoms with E-state index in [0.29, 0.717) is 5.92 Å². The molecule has 2 aliphatic rings. The van der Waals surface area contributed by atoms with Crippen LogP contribution < -0.4 is 5.43 Å². The molecular formula is C13H20N2O2. The highest BCUT2D eigenvalue weighted by atomic mass is 16.5. The highest BCUT2D eigenvalue weighted by Gasteiger charge is 2.36. The normalized spacial score (nSPS) is 29.5. The summed E-state index contributed by atoms with van der Waals surface area (Å²) in [6.45, 7) is 6.59. The first-order valence-electron chi connectivity index (χ1n) is 6.48. The first kappa shape index (κ1) is 11.3. The van der Waals surface area contributed by atoms with Gasteiger partial charge in [-0.15, -0.1) is 0 Å². The molecule has 0 aromatic carbocycles. The Hall–Kier alpha value is -0.840. The summed E-state index contributed by atoms with van der Waals surface area (Å²) in [5.41, 5.74) is 3.38. The molecule has 1 aromatic heterocycles. The van der Waals surface area contributed by atoms with Crippen LogP contribution in [0, 0.1) is 5.92 Å². The Morgan fingerprint density at radius 2 is 2.12 bits per heavy atom. The van der Waals surface area contributed by atoms with Crippen molar-refractivity contribution in [1.82, 2.24) is 10.4 Å². The van der Waals surface area contributed by atoms with Crippen LogP contribution in [0.25, 0.3) is 0 Å². The van der Waals surface area contributed by atoms with Crippen molar-refractivity contribution in [2.24, 2.45) is 5.92 Å². The zero-order valence-electron chi connectivity index (χ0n) is 10.3. The molecule has 0 spiro atoms. The molecular weight excluding hydrogens is 216 g/mol. The van der Waals surface area contributed by atoms with E-state index in [4.69, 9.17) is 9.15 Å². The second-order valence-electron chi connectivity index (χ2n) is 5.06. The molecule has 3 rings (SSSR count). The van der Waals surface area contributed by atoms with Crippen LogP contribution in [0.5, 0.6) is 0 Å². The van der Waals surface area contributed by atoms with Crippen LogP contribution in [-0.4, -0.2) is 31.3 Å². The monoisotopic (exact) mass is 236 g/mol. The lowest BCUT2D eigenvalue weighted by Gasteiger charge is -2.26. The van der Waals surface area contributed by atoms with Crippen LogP contribution in [0.1, 0.15) is 30.8 Å². The Morgan fingerprint density at radius 3 is 2.82 bits per heavy atom. The molecule has 4 nitrogen and oxygen atoms in total. The summed E-state index contributed by atoms with van der Waals surface area (Å²) in [4.78, 5) is 0. The number of ether oxygens (including phenoxy) is 1. The molecule has 1 aromatic rings. The molecule has 1 N–H and O–H groups in total. The molecule has 94 valence electrons. The minimum Gasteiger partial charge on any atom is -0.464 e. The van der Waals surface area contributed by atoms with Crippen molar-refractivity contribution in [3.05, 3.63) is 23.7 Å². The maximum Gasteiger partial charge on any atom is 0.119 e. The van der Waals surface area contributed by atoms with Crippen molar-refractivity contribution in [3.63, 3.8) is 0 Å². The maximum atomic E-state index is 5.85. The zero-order valence-corrected chi connectivity index (χ0v) is 10.3. The number of morpholine rings is 1. The van der Waals surface area contributed by atoms with Crippen LogP contribution in [0.4, 0.5) is 0 Å². The Kier molecular flexibility index (Phi) is 3.18. The summed E-state index contributed by atoms with van der Waals surface area (Å²) >= 11 is 0. The fourth-order valence-electron chi connectivity index (χ4n) is 2.32. The van der Waals surface area contributed by atoms with Crippen LogP contribution in [0.2, 0.25) is 0 Å². The molecule has 0 bridgehead atoms. The fraction of sp³-hybridized carbons (Fsp3) is 0.692. The number of nitrogens with one attached hydrogen (secondary N) is 1. The lowest BCUT2D eigenvalue weighted by atomic mass is 10.3. The van der Waals surface area contributed by atoms with Crippen molar-refractivity contribution in [2.45, 2.75) is 25.8 Å². The molecule has 2 heterocycles. The average Bonchev–Trinajstić information content (AvgIpc) is 2.92. The Bertz CT molecular complexity index is 371. The predicted molar refractivity (Wildman–Crippen MR) is 64.5 cm³/mol. The van der Waals surface area contributed by atoms with Crippen LogP contribution >= 0.6 is 0 Å². The number of furan rings is 1. The number of hydrogen-bond donors (Lipinski definition) is 1. The molecule has 2 atom stereocenters. The molecule has 0 amide bonds. The van der Waals surface area contributed by atoms with E-state index in [9.17, 15) is 0 Å². The lowest BCUT2D eigenvalue weighted by molar-refractivity contribution is 0.00939. The number of hydrogen-bond acceptors (Lipinski definition) is 4. The molecule has 1 aliphatic heterocycles. The highest BCUT2D eigenvalue weighted by Crippen LogP contribution is 2.47. The van der Waals surface area contributed by atoms with Crippen LogP contribution in [-0.2, 0) is 11.3 Å². The van der Waals surface area contributed by atoms with Gasteiger partial charge in [0.2, 0.25) is 0 Å². The first-order valence-corrected chi connectivity index (χ1v) is 6.48. The smallest absolute Gasteiger partial charge is 0.119 e. The molecule has 2 unspecified atom stereocenters. The van der Waals surface area contributed by atoms with Gasteiger partial charge in [-0.05, 0) is 24.5 Å². The van der Waals surface area contributed by atoms with Gasteiger partial charge in [-0.1, -0.05) is 6.92 Å². The third-order valence-corrected chi connectivity index (χ3v) is 3.65. The average molecular weight is 236 g/mol. The lowest BCUT2D eigenvalue weighted by Crippen LogP contribution is -2.45. The van der Waals surface area contributed by atoms with Gasteiger partial charge in [0.15, 0.2) is 0 Å². The van der Waals surface area contributed by atoms with Crippen LogP contribution in [0.3, 0.4) is 0 Å². The number of rotatable bonds is 4. The quantitative estimate of drug-likeness (QED) is 0.864. The summed E-state index contributed by atoms with van der Waals surface area (Å²) in [6, 6.07) is 4.22. The minimum atomic E-state index is 0.673. The molecule has 4 heteroatoms. The third kappa shape index (κ3) is 2.70. The zero-order chi connectivity index (χ0) is 11.7.